The minimum atomic E-state index is 0.0110. The van der Waals surface area contributed by atoms with Crippen LogP contribution in [-0.4, -0.2) is 28.6 Å². The SMILES string of the molecule is CCSc1ccc(C(=O)N(C)C(C)c2nccs2)s1. The van der Waals surface area contributed by atoms with Crippen LogP contribution in [-0.2, 0) is 0 Å². The summed E-state index contributed by atoms with van der Waals surface area (Å²) < 4.78 is 1.20. The minimum absolute atomic E-state index is 0.0110. The molecule has 2 aromatic rings. The van der Waals surface area contributed by atoms with Gasteiger partial charge in [-0.25, -0.2) is 4.98 Å². The molecule has 1 atom stereocenters. The van der Waals surface area contributed by atoms with E-state index in [0.717, 1.165) is 15.6 Å². The predicted octanol–water partition coefficient (Wildman–Crippen LogP) is 4.15. The zero-order valence-electron chi connectivity index (χ0n) is 11.1. The molecule has 0 spiro atoms. The monoisotopic (exact) mass is 312 g/mol. The van der Waals surface area contributed by atoms with Crippen molar-refractivity contribution in [2.24, 2.45) is 0 Å². The van der Waals surface area contributed by atoms with Crippen LogP contribution < -0.4 is 0 Å². The third-order valence-corrected chi connectivity index (χ3v) is 5.92. The van der Waals surface area contributed by atoms with Crippen LogP contribution in [0.1, 0.15) is 34.6 Å². The van der Waals surface area contributed by atoms with Crippen molar-refractivity contribution in [2.45, 2.75) is 24.1 Å². The summed E-state index contributed by atoms with van der Waals surface area (Å²) in [5.41, 5.74) is 0. The first-order valence-electron chi connectivity index (χ1n) is 6.02. The molecule has 3 nitrogen and oxygen atoms in total. The molecule has 1 amide bonds. The lowest BCUT2D eigenvalue weighted by atomic mass is 10.3. The van der Waals surface area contributed by atoms with Crippen LogP contribution in [0.25, 0.3) is 0 Å². The van der Waals surface area contributed by atoms with Crippen molar-refractivity contribution < 1.29 is 4.79 Å². The number of hydrogen-bond acceptors (Lipinski definition) is 5. The normalized spacial score (nSPS) is 12.4. The molecule has 1 unspecified atom stereocenters. The second-order valence-corrected chi connectivity index (χ2v) is 7.59. The van der Waals surface area contributed by atoms with Gasteiger partial charge in [0.15, 0.2) is 0 Å². The number of nitrogens with zero attached hydrogens (tertiary/aromatic N) is 2. The van der Waals surface area contributed by atoms with Gasteiger partial charge in [-0.2, -0.15) is 0 Å². The van der Waals surface area contributed by atoms with Crippen molar-refractivity contribution in [2.75, 3.05) is 12.8 Å². The van der Waals surface area contributed by atoms with E-state index in [0.29, 0.717) is 0 Å². The number of carbonyl (C=O) groups is 1. The van der Waals surface area contributed by atoms with Gasteiger partial charge in [0, 0.05) is 18.6 Å². The van der Waals surface area contributed by atoms with Gasteiger partial charge < -0.3 is 4.90 Å². The summed E-state index contributed by atoms with van der Waals surface area (Å²) in [6, 6.07) is 3.95. The van der Waals surface area contributed by atoms with Crippen molar-refractivity contribution in [1.29, 1.82) is 0 Å². The number of amides is 1. The number of thioether (sulfide) groups is 1. The molecule has 2 aromatic heterocycles. The van der Waals surface area contributed by atoms with E-state index in [1.165, 1.54) is 4.21 Å². The topological polar surface area (TPSA) is 33.2 Å². The van der Waals surface area contributed by atoms with Gasteiger partial charge in [-0.1, -0.05) is 6.92 Å². The first-order valence-corrected chi connectivity index (χ1v) is 8.70. The summed E-state index contributed by atoms with van der Waals surface area (Å²) >= 11 is 4.91. The molecule has 0 radical (unpaired) electrons. The minimum Gasteiger partial charge on any atom is -0.332 e. The Morgan fingerprint density at radius 1 is 1.53 bits per heavy atom. The number of thiophene rings is 1. The van der Waals surface area contributed by atoms with Gasteiger partial charge in [-0.3, -0.25) is 4.79 Å². The van der Waals surface area contributed by atoms with Crippen LogP contribution >= 0.6 is 34.4 Å². The molecule has 2 heterocycles. The molecule has 2 rings (SSSR count). The molecule has 102 valence electrons. The lowest BCUT2D eigenvalue weighted by Crippen LogP contribution is -2.28. The fraction of sp³-hybridized carbons (Fsp3) is 0.385. The van der Waals surface area contributed by atoms with Crippen molar-refractivity contribution in [3.8, 4) is 0 Å². The van der Waals surface area contributed by atoms with E-state index in [9.17, 15) is 4.79 Å². The molecule has 0 bridgehead atoms. The van der Waals surface area contributed by atoms with Crippen LogP contribution in [0, 0.1) is 0 Å². The standard InChI is InChI=1S/C13H16N2OS3/c1-4-17-11-6-5-10(19-11)13(16)15(3)9(2)12-14-7-8-18-12/h5-9H,4H2,1-3H3. The largest absolute Gasteiger partial charge is 0.332 e. The van der Waals surface area contributed by atoms with E-state index in [4.69, 9.17) is 0 Å². The van der Waals surface area contributed by atoms with E-state index in [2.05, 4.69) is 11.9 Å². The molecule has 0 fully saturated rings. The highest BCUT2D eigenvalue weighted by atomic mass is 32.2. The number of hydrogen-bond donors (Lipinski definition) is 0. The highest BCUT2D eigenvalue weighted by Gasteiger charge is 2.21. The summed E-state index contributed by atoms with van der Waals surface area (Å²) in [6.45, 7) is 4.12. The Balaban J connectivity index is 2.09. The number of aromatic nitrogens is 1. The maximum absolute atomic E-state index is 12.4. The zero-order valence-corrected chi connectivity index (χ0v) is 13.6. The van der Waals surface area contributed by atoms with E-state index in [1.54, 1.807) is 45.5 Å². The molecule has 6 heteroatoms. The van der Waals surface area contributed by atoms with E-state index in [1.807, 2.05) is 31.5 Å². The maximum atomic E-state index is 12.4. The van der Waals surface area contributed by atoms with Gasteiger partial charge >= 0.3 is 0 Å². The Hall–Kier alpha value is -0.850. The van der Waals surface area contributed by atoms with Crippen LogP contribution in [0.2, 0.25) is 0 Å². The Labute approximate surface area is 125 Å². The maximum Gasteiger partial charge on any atom is 0.264 e. The summed E-state index contributed by atoms with van der Waals surface area (Å²) in [5.74, 6) is 1.09. The number of carbonyl (C=O) groups excluding carboxylic acids is 1. The molecule has 0 saturated heterocycles. The van der Waals surface area contributed by atoms with Crippen molar-refractivity contribution >= 4 is 40.3 Å². The number of thiazole rings is 1. The van der Waals surface area contributed by atoms with Crippen molar-refractivity contribution in [3.63, 3.8) is 0 Å². The molecule has 0 aliphatic carbocycles. The fourth-order valence-corrected chi connectivity index (χ4v) is 4.38. The average molecular weight is 312 g/mol. The highest BCUT2D eigenvalue weighted by molar-refractivity contribution is 8.01. The van der Waals surface area contributed by atoms with Crippen LogP contribution in [0.15, 0.2) is 27.9 Å². The van der Waals surface area contributed by atoms with Crippen molar-refractivity contribution in [1.82, 2.24) is 9.88 Å². The number of rotatable bonds is 5. The summed E-state index contributed by atoms with van der Waals surface area (Å²) in [4.78, 5) is 19.2. The molecule has 0 saturated carbocycles. The van der Waals surface area contributed by atoms with E-state index in [-0.39, 0.29) is 11.9 Å². The second-order valence-electron chi connectivity index (χ2n) is 4.01. The van der Waals surface area contributed by atoms with Gasteiger partial charge in [-0.05, 0) is 24.8 Å². The Morgan fingerprint density at radius 2 is 2.32 bits per heavy atom. The van der Waals surface area contributed by atoms with Crippen LogP contribution in [0.5, 0.6) is 0 Å². The van der Waals surface area contributed by atoms with Crippen LogP contribution in [0.3, 0.4) is 0 Å². The lowest BCUT2D eigenvalue weighted by molar-refractivity contribution is 0.0747. The molecule has 0 aliphatic rings. The summed E-state index contributed by atoms with van der Waals surface area (Å²) in [5, 5.41) is 2.90. The predicted molar refractivity (Wildman–Crippen MR) is 83.3 cm³/mol. The van der Waals surface area contributed by atoms with Gasteiger partial charge in [0.25, 0.3) is 5.91 Å². The Bertz CT molecular complexity index is 536. The summed E-state index contributed by atoms with van der Waals surface area (Å²) in [7, 11) is 1.83. The third-order valence-electron chi connectivity index (χ3n) is 2.79. The molecule has 0 aromatic carbocycles. The van der Waals surface area contributed by atoms with E-state index >= 15 is 0 Å². The van der Waals surface area contributed by atoms with Crippen LogP contribution in [0.4, 0.5) is 0 Å². The van der Waals surface area contributed by atoms with Gasteiger partial charge in [0.05, 0.1) is 15.1 Å². The molecular formula is C13H16N2OS3. The first-order chi connectivity index (χ1) is 9.13. The quantitative estimate of drug-likeness (QED) is 0.778. The molecule has 0 aliphatic heterocycles. The average Bonchev–Trinajstić information content (AvgIpc) is 3.07. The van der Waals surface area contributed by atoms with Crippen molar-refractivity contribution in [3.05, 3.63) is 33.6 Å². The molecule has 0 N–H and O–H groups in total. The van der Waals surface area contributed by atoms with Gasteiger partial charge in [0.1, 0.15) is 5.01 Å². The van der Waals surface area contributed by atoms with Gasteiger partial charge in [0.2, 0.25) is 0 Å². The first kappa shape index (κ1) is 14.6. The Kier molecular flexibility index (Phi) is 5.01. The van der Waals surface area contributed by atoms with E-state index < -0.39 is 0 Å². The molecular weight excluding hydrogens is 296 g/mol. The summed E-state index contributed by atoms with van der Waals surface area (Å²) in [6.07, 6.45) is 1.77. The smallest absolute Gasteiger partial charge is 0.264 e. The van der Waals surface area contributed by atoms with Gasteiger partial charge in [-0.15, -0.1) is 34.4 Å². The second kappa shape index (κ2) is 6.54. The molecule has 19 heavy (non-hydrogen) atoms. The highest BCUT2D eigenvalue weighted by Crippen LogP contribution is 2.29. The Morgan fingerprint density at radius 3 is 2.95 bits per heavy atom. The third kappa shape index (κ3) is 3.38. The zero-order chi connectivity index (χ0) is 13.8. The fourth-order valence-electron chi connectivity index (χ4n) is 1.61. The lowest BCUT2D eigenvalue weighted by Gasteiger charge is -2.22.